The molecule has 2 aromatic carbocycles. The maximum absolute atomic E-state index is 12.5. The van der Waals surface area contributed by atoms with Crippen molar-refractivity contribution in [2.45, 2.75) is 6.92 Å². The van der Waals surface area contributed by atoms with E-state index >= 15 is 0 Å². The molecule has 0 spiro atoms. The first-order valence-corrected chi connectivity index (χ1v) is 7.67. The molecule has 132 valence electrons. The van der Waals surface area contributed by atoms with Gasteiger partial charge in [-0.2, -0.15) is 4.68 Å². The molecule has 1 heterocycles. The van der Waals surface area contributed by atoms with Crippen molar-refractivity contribution in [2.24, 2.45) is 0 Å². The standard InChI is InChI=1S/C17H16N6O3/c1-11(24)19-13-4-6-14(7-5-13)20-17(25)12-3-8-15(16(9-12)26-2)23-10-18-21-22-23/h3-10H,1-2H3,(H,19,24)(H,20,25). The molecule has 0 aliphatic heterocycles. The molecule has 2 amide bonds. The molecule has 0 saturated carbocycles. The molecule has 0 radical (unpaired) electrons. The lowest BCUT2D eigenvalue weighted by Crippen LogP contribution is -2.13. The van der Waals surface area contributed by atoms with Crippen molar-refractivity contribution >= 4 is 23.2 Å². The highest BCUT2D eigenvalue weighted by molar-refractivity contribution is 6.04. The Labute approximate surface area is 149 Å². The third-order valence-corrected chi connectivity index (χ3v) is 3.50. The van der Waals surface area contributed by atoms with Crippen LogP contribution in [-0.4, -0.2) is 39.1 Å². The van der Waals surface area contributed by atoms with Gasteiger partial charge in [0, 0.05) is 23.9 Å². The number of hydrogen-bond donors (Lipinski definition) is 2. The fourth-order valence-corrected chi connectivity index (χ4v) is 2.32. The highest BCUT2D eigenvalue weighted by Crippen LogP contribution is 2.24. The number of amides is 2. The Morgan fingerprint density at radius 1 is 1.04 bits per heavy atom. The van der Waals surface area contributed by atoms with Crippen LogP contribution in [0.3, 0.4) is 0 Å². The van der Waals surface area contributed by atoms with E-state index in [0.717, 1.165) is 0 Å². The molecule has 9 nitrogen and oxygen atoms in total. The second kappa shape index (κ2) is 7.43. The second-order valence-corrected chi connectivity index (χ2v) is 5.35. The molecule has 0 atom stereocenters. The summed E-state index contributed by atoms with van der Waals surface area (Å²) in [5.74, 6) is 0.0151. The van der Waals surface area contributed by atoms with Gasteiger partial charge >= 0.3 is 0 Å². The van der Waals surface area contributed by atoms with Crippen molar-refractivity contribution in [2.75, 3.05) is 17.7 Å². The summed E-state index contributed by atoms with van der Waals surface area (Å²) in [5.41, 5.74) is 2.30. The van der Waals surface area contributed by atoms with E-state index in [0.29, 0.717) is 28.4 Å². The molecule has 0 unspecified atom stereocenters. The summed E-state index contributed by atoms with van der Waals surface area (Å²) in [7, 11) is 1.51. The van der Waals surface area contributed by atoms with Gasteiger partial charge in [0.2, 0.25) is 5.91 Å². The van der Waals surface area contributed by atoms with E-state index in [9.17, 15) is 9.59 Å². The van der Waals surface area contributed by atoms with E-state index in [1.54, 1.807) is 42.5 Å². The number of carbonyl (C=O) groups is 2. The third-order valence-electron chi connectivity index (χ3n) is 3.50. The first kappa shape index (κ1) is 17.1. The number of nitrogens with one attached hydrogen (secondary N) is 2. The number of anilines is 2. The van der Waals surface area contributed by atoms with Gasteiger partial charge in [-0.05, 0) is 52.9 Å². The highest BCUT2D eigenvalue weighted by atomic mass is 16.5. The van der Waals surface area contributed by atoms with Crippen LogP contribution in [0.4, 0.5) is 11.4 Å². The van der Waals surface area contributed by atoms with Crippen molar-refractivity contribution in [1.82, 2.24) is 20.2 Å². The minimum Gasteiger partial charge on any atom is -0.494 e. The van der Waals surface area contributed by atoms with Crippen LogP contribution in [0.25, 0.3) is 5.69 Å². The highest BCUT2D eigenvalue weighted by Gasteiger charge is 2.12. The monoisotopic (exact) mass is 352 g/mol. The zero-order valence-corrected chi connectivity index (χ0v) is 14.1. The quantitative estimate of drug-likeness (QED) is 0.725. The van der Waals surface area contributed by atoms with Crippen LogP contribution in [0.1, 0.15) is 17.3 Å². The number of benzene rings is 2. The van der Waals surface area contributed by atoms with Gasteiger partial charge in [0.05, 0.1) is 7.11 Å². The Morgan fingerprint density at radius 2 is 1.73 bits per heavy atom. The molecule has 2 N–H and O–H groups in total. The molecular formula is C17H16N6O3. The molecular weight excluding hydrogens is 336 g/mol. The molecule has 0 saturated heterocycles. The van der Waals surface area contributed by atoms with Gasteiger partial charge in [-0.1, -0.05) is 0 Å². The van der Waals surface area contributed by atoms with Gasteiger partial charge in [-0.15, -0.1) is 5.10 Å². The van der Waals surface area contributed by atoms with Crippen LogP contribution in [-0.2, 0) is 4.79 Å². The molecule has 3 aromatic rings. The SMILES string of the molecule is COc1cc(C(=O)Nc2ccc(NC(C)=O)cc2)ccc1-n1cnnn1. The lowest BCUT2D eigenvalue weighted by molar-refractivity contribution is -0.114. The summed E-state index contributed by atoms with van der Waals surface area (Å²) in [6.07, 6.45) is 1.44. The van der Waals surface area contributed by atoms with E-state index in [4.69, 9.17) is 4.74 Å². The Morgan fingerprint density at radius 3 is 2.31 bits per heavy atom. The number of methoxy groups -OCH3 is 1. The molecule has 9 heteroatoms. The zero-order chi connectivity index (χ0) is 18.5. The maximum Gasteiger partial charge on any atom is 0.255 e. The first-order valence-electron chi connectivity index (χ1n) is 7.67. The molecule has 1 aromatic heterocycles. The van der Waals surface area contributed by atoms with Gasteiger partial charge in [-0.3, -0.25) is 9.59 Å². The van der Waals surface area contributed by atoms with Gasteiger partial charge in [0.15, 0.2) is 0 Å². The predicted octanol–water partition coefficient (Wildman–Crippen LogP) is 1.88. The predicted molar refractivity (Wildman–Crippen MR) is 94.4 cm³/mol. The first-order chi connectivity index (χ1) is 12.6. The minimum absolute atomic E-state index is 0.156. The Kier molecular flexibility index (Phi) is 4.88. The van der Waals surface area contributed by atoms with E-state index in [2.05, 4.69) is 26.2 Å². The number of carbonyl (C=O) groups excluding carboxylic acids is 2. The van der Waals surface area contributed by atoms with Gasteiger partial charge < -0.3 is 15.4 Å². The molecule has 0 fully saturated rings. The molecule has 26 heavy (non-hydrogen) atoms. The molecule has 0 bridgehead atoms. The summed E-state index contributed by atoms with van der Waals surface area (Å²) in [4.78, 5) is 23.5. The summed E-state index contributed by atoms with van der Waals surface area (Å²) in [6.45, 7) is 1.43. The van der Waals surface area contributed by atoms with Crippen LogP contribution in [0, 0.1) is 0 Å². The average Bonchev–Trinajstić information content (AvgIpc) is 3.16. The maximum atomic E-state index is 12.5. The van der Waals surface area contributed by atoms with Crippen LogP contribution < -0.4 is 15.4 Å². The van der Waals surface area contributed by atoms with Crippen LogP contribution in [0.15, 0.2) is 48.8 Å². The zero-order valence-electron chi connectivity index (χ0n) is 14.1. The summed E-state index contributed by atoms with van der Waals surface area (Å²) >= 11 is 0. The van der Waals surface area contributed by atoms with E-state index in [1.165, 1.54) is 25.0 Å². The number of nitrogens with zero attached hydrogens (tertiary/aromatic N) is 4. The fraction of sp³-hybridized carbons (Fsp3) is 0.118. The van der Waals surface area contributed by atoms with Gasteiger partial charge in [-0.25, -0.2) is 0 Å². The normalized spacial score (nSPS) is 10.2. The van der Waals surface area contributed by atoms with E-state index < -0.39 is 0 Å². The van der Waals surface area contributed by atoms with Crippen LogP contribution >= 0.6 is 0 Å². The Hall–Kier alpha value is -3.75. The summed E-state index contributed by atoms with van der Waals surface area (Å²) in [6, 6.07) is 11.8. The number of hydrogen-bond acceptors (Lipinski definition) is 6. The van der Waals surface area contributed by atoms with Crippen LogP contribution in [0.2, 0.25) is 0 Å². The fourth-order valence-electron chi connectivity index (χ4n) is 2.32. The number of rotatable bonds is 5. The van der Waals surface area contributed by atoms with Gasteiger partial charge in [0.25, 0.3) is 5.91 Å². The lowest BCUT2D eigenvalue weighted by Gasteiger charge is -2.11. The summed E-state index contributed by atoms with van der Waals surface area (Å²) < 4.78 is 6.77. The van der Waals surface area contributed by atoms with Crippen molar-refractivity contribution in [3.63, 3.8) is 0 Å². The number of ether oxygens (including phenoxy) is 1. The van der Waals surface area contributed by atoms with Crippen molar-refractivity contribution < 1.29 is 14.3 Å². The van der Waals surface area contributed by atoms with Crippen molar-refractivity contribution in [3.8, 4) is 11.4 Å². The average molecular weight is 352 g/mol. The number of tetrazole rings is 1. The lowest BCUT2D eigenvalue weighted by atomic mass is 10.1. The smallest absolute Gasteiger partial charge is 0.255 e. The van der Waals surface area contributed by atoms with Crippen molar-refractivity contribution in [1.29, 1.82) is 0 Å². The molecule has 0 aliphatic rings. The molecule has 0 aliphatic carbocycles. The summed E-state index contributed by atoms with van der Waals surface area (Å²) in [5, 5.41) is 16.4. The van der Waals surface area contributed by atoms with E-state index in [-0.39, 0.29) is 11.8 Å². The second-order valence-electron chi connectivity index (χ2n) is 5.35. The van der Waals surface area contributed by atoms with Gasteiger partial charge in [0.1, 0.15) is 17.8 Å². The molecule has 3 rings (SSSR count). The number of aromatic nitrogens is 4. The van der Waals surface area contributed by atoms with Crippen molar-refractivity contribution in [3.05, 3.63) is 54.4 Å². The minimum atomic E-state index is -0.293. The third kappa shape index (κ3) is 3.83. The Balaban J connectivity index is 1.76. The topological polar surface area (TPSA) is 111 Å². The Bertz CT molecular complexity index is 922. The van der Waals surface area contributed by atoms with Crippen LogP contribution in [0.5, 0.6) is 5.75 Å². The van der Waals surface area contributed by atoms with E-state index in [1.807, 2.05) is 0 Å². The largest absolute Gasteiger partial charge is 0.494 e.